The number of aliphatic imine (C=N–C) groups is 1. The van der Waals surface area contributed by atoms with E-state index in [1.807, 2.05) is 0 Å². The number of ether oxygens (including phenoxy) is 1. The molecular weight excluding hydrogens is 506 g/mol. The van der Waals surface area contributed by atoms with Gasteiger partial charge in [0.1, 0.15) is 5.01 Å². The highest BCUT2D eigenvalue weighted by molar-refractivity contribution is 14.0. The molecule has 0 spiro atoms. The highest BCUT2D eigenvalue weighted by atomic mass is 127. The van der Waals surface area contributed by atoms with Crippen LogP contribution in [0.4, 0.5) is 13.2 Å². The van der Waals surface area contributed by atoms with Gasteiger partial charge in [-0.3, -0.25) is 9.89 Å². The van der Waals surface area contributed by atoms with Crippen molar-refractivity contribution >= 4 is 41.3 Å². The van der Waals surface area contributed by atoms with Gasteiger partial charge in [-0.15, -0.1) is 35.3 Å². The number of hydrogen-bond acceptors (Lipinski definition) is 5. The van der Waals surface area contributed by atoms with E-state index in [1.165, 1.54) is 0 Å². The molecule has 1 aromatic heterocycles. The van der Waals surface area contributed by atoms with Crippen LogP contribution in [0.5, 0.6) is 0 Å². The van der Waals surface area contributed by atoms with Crippen LogP contribution < -0.4 is 10.6 Å². The topological polar surface area (TPSA) is 61.8 Å². The van der Waals surface area contributed by atoms with Gasteiger partial charge < -0.3 is 15.4 Å². The maximum atomic E-state index is 12.6. The molecule has 6 nitrogen and oxygen atoms in total. The van der Waals surface area contributed by atoms with Gasteiger partial charge in [-0.25, -0.2) is 4.98 Å². The summed E-state index contributed by atoms with van der Waals surface area (Å²) < 4.78 is 43.3. The molecule has 1 fully saturated rings. The van der Waals surface area contributed by atoms with Crippen molar-refractivity contribution < 1.29 is 17.9 Å². The van der Waals surface area contributed by atoms with Crippen LogP contribution in [0, 0.1) is 5.92 Å². The van der Waals surface area contributed by atoms with Crippen molar-refractivity contribution in [2.75, 3.05) is 39.9 Å². The SMILES string of the molecule is CN=C(NCc1nc(C(F)(F)F)cs1)NCC(CC(C)C)N1CCOCC1.I. The minimum absolute atomic E-state index is 0. The number of alkyl halides is 3. The van der Waals surface area contributed by atoms with Crippen LogP contribution in [0.2, 0.25) is 0 Å². The minimum atomic E-state index is -4.41. The summed E-state index contributed by atoms with van der Waals surface area (Å²) in [5.74, 6) is 1.12. The average molecular weight is 535 g/mol. The lowest BCUT2D eigenvalue weighted by molar-refractivity contribution is -0.140. The maximum absolute atomic E-state index is 12.6. The average Bonchev–Trinajstić information content (AvgIpc) is 3.10. The summed E-state index contributed by atoms with van der Waals surface area (Å²) in [5.41, 5.74) is -0.850. The molecule has 2 N–H and O–H groups in total. The van der Waals surface area contributed by atoms with Gasteiger partial charge in [0.2, 0.25) is 0 Å². The molecule has 1 aromatic rings. The molecule has 1 atom stereocenters. The minimum Gasteiger partial charge on any atom is -0.379 e. The third-order valence-corrected chi connectivity index (χ3v) is 5.13. The first-order valence-electron chi connectivity index (χ1n) is 9.07. The fourth-order valence-corrected chi connectivity index (χ4v) is 3.71. The Morgan fingerprint density at radius 1 is 1.32 bits per heavy atom. The van der Waals surface area contributed by atoms with Gasteiger partial charge in [-0.05, 0) is 12.3 Å². The van der Waals surface area contributed by atoms with Crippen LogP contribution >= 0.6 is 35.3 Å². The molecule has 162 valence electrons. The number of rotatable bonds is 7. The van der Waals surface area contributed by atoms with Crippen molar-refractivity contribution in [2.45, 2.75) is 39.0 Å². The van der Waals surface area contributed by atoms with E-state index in [0.29, 0.717) is 29.5 Å². The third kappa shape index (κ3) is 8.37. The van der Waals surface area contributed by atoms with Crippen LogP contribution in [0.15, 0.2) is 10.4 Å². The number of nitrogens with zero attached hydrogens (tertiary/aromatic N) is 3. The Bertz CT molecular complexity index is 606. The summed E-state index contributed by atoms with van der Waals surface area (Å²) in [7, 11) is 1.64. The third-order valence-electron chi connectivity index (χ3n) is 4.28. The van der Waals surface area contributed by atoms with E-state index in [1.54, 1.807) is 7.05 Å². The van der Waals surface area contributed by atoms with Crippen molar-refractivity contribution in [3.8, 4) is 0 Å². The molecule has 0 saturated carbocycles. The summed E-state index contributed by atoms with van der Waals surface area (Å²) in [6.45, 7) is 8.61. The Labute approximate surface area is 185 Å². The van der Waals surface area contributed by atoms with E-state index in [2.05, 4.69) is 39.4 Å². The number of guanidine groups is 1. The van der Waals surface area contributed by atoms with Crippen molar-refractivity contribution in [3.63, 3.8) is 0 Å². The molecule has 2 heterocycles. The summed E-state index contributed by atoms with van der Waals surface area (Å²) in [6.07, 6.45) is -3.36. The predicted octanol–water partition coefficient (Wildman–Crippen LogP) is 3.19. The quantitative estimate of drug-likeness (QED) is 0.319. The lowest BCUT2D eigenvalue weighted by atomic mass is 10.0. The monoisotopic (exact) mass is 535 g/mol. The zero-order valence-corrected chi connectivity index (χ0v) is 19.5. The standard InChI is InChI=1S/C17H28F3N5OS.HI/c1-12(2)8-13(25-4-6-26-7-5-25)9-22-16(21-3)23-10-15-24-14(11-27-15)17(18,19)20;/h11-13H,4-10H2,1-3H3,(H2,21,22,23);1H. The van der Waals surface area contributed by atoms with Gasteiger partial charge in [0.05, 0.1) is 19.8 Å². The molecule has 0 radical (unpaired) electrons. The van der Waals surface area contributed by atoms with Gasteiger partial charge in [-0.2, -0.15) is 13.2 Å². The van der Waals surface area contributed by atoms with Crippen molar-refractivity contribution in [1.82, 2.24) is 20.5 Å². The molecule has 11 heteroatoms. The zero-order chi connectivity index (χ0) is 19.9. The first-order chi connectivity index (χ1) is 12.8. The molecule has 1 unspecified atom stereocenters. The summed E-state index contributed by atoms with van der Waals surface area (Å²) in [4.78, 5) is 10.2. The Kier molecular flexibility index (Phi) is 11.0. The second kappa shape index (κ2) is 12.1. The smallest absolute Gasteiger partial charge is 0.379 e. The van der Waals surface area contributed by atoms with E-state index in [-0.39, 0.29) is 30.5 Å². The van der Waals surface area contributed by atoms with Gasteiger partial charge >= 0.3 is 6.18 Å². The highest BCUT2D eigenvalue weighted by Crippen LogP contribution is 2.29. The molecule has 0 amide bonds. The van der Waals surface area contributed by atoms with Gasteiger partial charge in [0.15, 0.2) is 11.7 Å². The lowest BCUT2D eigenvalue weighted by Gasteiger charge is -2.35. The normalized spacial score (nSPS) is 17.3. The van der Waals surface area contributed by atoms with E-state index >= 15 is 0 Å². The van der Waals surface area contributed by atoms with Gasteiger partial charge in [0, 0.05) is 38.1 Å². The second-order valence-corrected chi connectivity index (χ2v) is 7.81. The number of aromatic nitrogens is 1. The summed E-state index contributed by atoms with van der Waals surface area (Å²) >= 11 is 0.986. The number of morpholine rings is 1. The molecule has 2 rings (SSSR count). The predicted molar refractivity (Wildman–Crippen MR) is 116 cm³/mol. The molecule has 1 saturated heterocycles. The maximum Gasteiger partial charge on any atom is 0.434 e. The van der Waals surface area contributed by atoms with E-state index < -0.39 is 11.9 Å². The number of nitrogens with one attached hydrogen (secondary N) is 2. The molecule has 0 bridgehead atoms. The van der Waals surface area contributed by atoms with Gasteiger partial charge in [0.25, 0.3) is 0 Å². The van der Waals surface area contributed by atoms with Crippen molar-refractivity contribution in [3.05, 3.63) is 16.1 Å². The molecular formula is C17H29F3IN5OS. The number of halogens is 4. The van der Waals surface area contributed by atoms with E-state index in [4.69, 9.17) is 4.74 Å². The summed E-state index contributed by atoms with van der Waals surface area (Å²) in [5, 5.41) is 7.73. The van der Waals surface area contributed by atoms with Crippen LogP contribution in [0.1, 0.15) is 31.0 Å². The second-order valence-electron chi connectivity index (χ2n) is 6.86. The Balaban J connectivity index is 0.00000392. The molecule has 28 heavy (non-hydrogen) atoms. The van der Waals surface area contributed by atoms with E-state index in [9.17, 15) is 13.2 Å². The number of hydrogen-bond donors (Lipinski definition) is 2. The largest absolute Gasteiger partial charge is 0.434 e. The van der Waals surface area contributed by atoms with Crippen molar-refractivity contribution in [2.24, 2.45) is 10.9 Å². The Morgan fingerprint density at radius 3 is 2.54 bits per heavy atom. The van der Waals surface area contributed by atoms with Crippen molar-refractivity contribution in [1.29, 1.82) is 0 Å². The molecule has 1 aliphatic heterocycles. The first kappa shape index (κ1) is 25.4. The number of thiazole rings is 1. The van der Waals surface area contributed by atoms with Crippen LogP contribution in [-0.2, 0) is 17.5 Å². The Morgan fingerprint density at radius 2 is 2.00 bits per heavy atom. The van der Waals surface area contributed by atoms with Crippen LogP contribution in [-0.4, -0.2) is 61.8 Å². The lowest BCUT2D eigenvalue weighted by Crippen LogP contribution is -2.50. The summed E-state index contributed by atoms with van der Waals surface area (Å²) in [6, 6.07) is 0.351. The molecule has 0 aromatic carbocycles. The molecule has 1 aliphatic rings. The van der Waals surface area contributed by atoms with Crippen LogP contribution in [0.3, 0.4) is 0 Å². The Hall–Kier alpha value is -0.660. The molecule has 0 aliphatic carbocycles. The van der Waals surface area contributed by atoms with Gasteiger partial charge in [-0.1, -0.05) is 13.8 Å². The fourth-order valence-electron chi connectivity index (χ4n) is 2.96. The van der Waals surface area contributed by atoms with Crippen LogP contribution in [0.25, 0.3) is 0 Å². The van der Waals surface area contributed by atoms with E-state index in [0.717, 1.165) is 49.4 Å². The zero-order valence-electron chi connectivity index (χ0n) is 16.4. The highest BCUT2D eigenvalue weighted by Gasteiger charge is 2.33. The fraction of sp³-hybridized carbons (Fsp3) is 0.765. The first-order valence-corrected chi connectivity index (χ1v) is 9.95.